The number of halogens is 1. The molecule has 4 nitrogen and oxygen atoms in total. The van der Waals surface area contributed by atoms with Crippen LogP contribution < -0.4 is 0 Å². The molecule has 0 atom stereocenters. The van der Waals surface area contributed by atoms with Crippen molar-refractivity contribution in [3.05, 3.63) is 41.5 Å². The van der Waals surface area contributed by atoms with Gasteiger partial charge in [0, 0.05) is 0 Å². The largest absolute Gasteiger partial charge is 0.390 e. The Morgan fingerprint density at radius 2 is 2.00 bits per heavy atom. The zero-order valence-electron chi connectivity index (χ0n) is 10.3. The maximum Gasteiger partial charge on any atom is 0.123 e. The van der Waals surface area contributed by atoms with Crippen LogP contribution in [0, 0.1) is 5.82 Å². The maximum atomic E-state index is 12.9. The minimum atomic E-state index is -0.281. The van der Waals surface area contributed by atoms with Crippen LogP contribution in [-0.4, -0.2) is 20.1 Å². The third-order valence-electron chi connectivity index (χ3n) is 2.83. The molecule has 0 spiro atoms. The van der Waals surface area contributed by atoms with Crippen LogP contribution in [0.1, 0.15) is 31.2 Å². The predicted octanol–water partition coefficient (Wildman–Crippen LogP) is 2.24. The Bertz CT molecular complexity index is 507. The number of hydrogen-bond donors (Lipinski definition) is 1. The molecule has 2 rings (SSSR count). The van der Waals surface area contributed by atoms with Crippen LogP contribution in [0.5, 0.6) is 0 Å². The Morgan fingerprint density at radius 1 is 1.28 bits per heavy atom. The highest BCUT2D eigenvalue weighted by atomic mass is 19.1. The topological polar surface area (TPSA) is 50.9 Å². The normalized spacial score (nSPS) is 10.8. The lowest BCUT2D eigenvalue weighted by Crippen LogP contribution is -2.04. The van der Waals surface area contributed by atoms with Gasteiger partial charge in [-0.15, -0.1) is 5.10 Å². The van der Waals surface area contributed by atoms with E-state index in [1.165, 1.54) is 12.1 Å². The number of aliphatic hydroxyl groups is 1. The van der Waals surface area contributed by atoms with E-state index in [1.54, 1.807) is 16.8 Å². The van der Waals surface area contributed by atoms with Gasteiger partial charge in [0.05, 0.1) is 18.0 Å². The summed E-state index contributed by atoms with van der Waals surface area (Å²) in [6.45, 7) is 1.98. The van der Waals surface area contributed by atoms with Gasteiger partial charge in [0.15, 0.2) is 0 Å². The average Bonchev–Trinajstić information content (AvgIpc) is 2.80. The van der Waals surface area contributed by atoms with Gasteiger partial charge in [0.2, 0.25) is 0 Å². The third-order valence-corrected chi connectivity index (χ3v) is 2.83. The highest BCUT2D eigenvalue weighted by Crippen LogP contribution is 2.16. The van der Waals surface area contributed by atoms with Crippen molar-refractivity contribution in [2.24, 2.45) is 0 Å². The second kappa shape index (κ2) is 5.73. The van der Waals surface area contributed by atoms with Crippen molar-refractivity contribution in [3.8, 4) is 5.69 Å². The van der Waals surface area contributed by atoms with E-state index in [-0.39, 0.29) is 12.4 Å². The van der Waals surface area contributed by atoms with Crippen molar-refractivity contribution in [2.45, 2.75) is 32.8 Å². The fourth-order valence-electron chi connectivity index (χ4n) is 1.84. The quantitative estimate of drug-likeness (QED) is 0.884. The molecule has 1 aromatic carbocycles. The molecule has 96 valence electrons. The van der Waals surface area contributed by atoms with Crippen LogP contribution >= 0.6 is 0 Å². The summed E-state index contributed by atoms with van der Waals surface area (Å²) in [6.07, 6.45) is 2.86. The number of rotatable bonds is 5. The lowest BCUT2D eigenvalue weighted by atomic mass is 10.1. The summed E-state index contributed by atoms with van der Waals surface area (Å²) in [5.74, 6) is -0.281. The summed E-state index contributed by atoms with van der Waals surface area (Å²) in [5, 5.41) is 17.2. The highest BCUT2D eigenvalue weighted by molar-refractivity contribution is 5.33. The standard InChI is InChI=1S/C13H16FN3O/c1-2-3-4-13-12(9-18)15-16-17(13)11-7-5-10(14)6-8-11/h5-8,18H,2-4,9H2,1H3. The Kier molecular flexibility index (Phi) is 4.04. The monoisotopic (exact) mass is 249 g/mol. The van der Waals surface area contributed by atoms with Gasteiger partial charge in [0.25, 0.3) is 0 Å². The second-order valence-electron chi connectivity index (χ2n) is 4.13. The molecule has 0 amide bonds. The smallest absolute Gasteiger partial charge is 0.123 e. The summed E-state index contributed by atoms with van der Waals surface area (Å²) < 4.78 is 14.6. The van der Waals surface area contributed by atoms with Crippen LogP contribution in [0.4, 0.5) is 4.39 Å². The molecule has 5 heteroatoms. The van der Waals surface area contributed by atoms with E-state index in [1.807, 2.05) is 0 Å². The molecule has 0 bridgehead atoms. The first-order valence-electron chi connectivity index (χ1n) is 6.06. The average molecular weight is 249 g/mol. The molecule has 1 aromatic heterocycles. The Balaban J connectivity index is 2.37. The van der Waals surface area contributed by atoms with Crippen molar-refractivity contribution in [2.75, 3.05) is 0 Å². The molecule has 18 heavy (non-hydrogen) atoms. The van der Waals surface area contributed by atoms with Crippen molar-refractivity contribution in [3.63, 3.8) is 0 Å². The fourth-order valence-corrected chi connectivity index (χ4v) is 1.84. The third kappa shape index (κ3) is 2.56. The number of nitrogens with zero attached hydrogens (tertiary/aromatic N) is 3. The molecule has 0 unspecified atom stereocenters. The van der Waals surface area contributed by atoms with E-state index < -0.39 is 0 Å². The van der Waals surface area contributed by atoms with Gasteiger partial charge in [-0.25, -0.2) is 9.07 Å². The summed E-state index contributed by atoms with van der Waals surface area (Å²) in [6, 6.07) is 6.08. The fraction of sp³-hybridized carbons (Fsp3) is 0.385. The van der Waals surface area contributed by atoms with Gasteiger partial charge in [0.1, 0.15) is 11.5 Å². The molecule has 0 radical (unpaired) electrons. The molecule has 0 aliphatic carbocycles. The van der Waals surface area contributed by atoms with Crippen LogP contribution in [0.3, 0.4) is 0 Å². The lowest BCUT2D eigenvalue weighted by molar-refractivity contribution is 0.275. The van der Waals surface area contributed by atoms with Crippen LogP contribution in [0.25, 0.3) is 5.69 Å². The molecule has 1 heterocycles. The maximum absolute atomic E-state index is 12.9. The molecular weight excluding hydrogens is 233 g/mol. The van der Waals surface area contributed by atoms with Gasteiger partial charge < -0.3 is 5.11 Å². The molecule has 0 aliphatic rings. The van der Waals surface area contributed by atoms with E-state index in [2.05, 4.69) is 17.2 Å². The van der Waals surface area contributed by atoms with Crippen molar-refractivity contribution in [1.29, 1.82) is 0 Å². The van der Waals surface area contributed by atoms with Crippen LogP contribution in [0.15, 0.2) is 24.3 Å². The molecular formula is C13H16FN3O. The van der Waals surface area contributed by atoms with Gasteiger partial charge >= 0.3 is 0 Å². The molecule has 2 aromatic rings. The Hall–Kier alpha value is -1.75. The summed E-state index contributed by atoms with van der Waals surface area (Å²) in [5.41, 5.74) is 2.24. The first-order chi connectivity index (χ1) is 8.76. The summed E-state index contributed by atoms with van der Waals surface area (Å²) in [4.78, 5) is 0. The van der Waals surface area contributed by atoms with E-state index in [4.69, 9.17) is 0 Å². The zero-order valence-corrected chi connectivity index (χ0v) is 10.3. The van der Waals surface area contributed by atoms with Gasteiger partial charge in [-0.3, -0.25) is 0 Å². The predicted molar refractivity (Wildman–Crippen MR) is 65.9 cm³/mol. The highest BCUT2D eigenvalue weighted by Gasteiger charge is 2.12. The first kappa shape index (κ1) is 12.7. The van der Waals surface area contributed by atoms with Crippen molar-refractivity contribution < 1.29 is 9.50 Å². The van der Waals surface area contributed by atoms with Crippen molar-refractivity contribution in [1.82, 2.24) is 15.0 Å². The first-order valence-corrected chi connectivity index (χ1v) is 6.06. The number of aromatic nitrogens is 3. The second-order valence-corrected chi connectivity index (χ2v) is 4.13. The van der Waals surface area contributed by atoms with Gasteiger partial charge in [-0.05, 0) is 37.1 Å². The molecule has 1 N–H and O–H groups in total. The van der Waals surface area contributed by atoms with E-state index in [0.29, 0.717) is 5.69 Å². The Labute approximate surface area is 105 Å². The summed E-state index contributed by atoms with van der Waals surface area (Å²) in [7, 11) is 0. The summed E-state index contributed by atoms with van der Waals surface area (Å²) >= 11 is 0. The molecule has 0 saturated heterocycles. The minimum absolute atomic E-state index is 0.125. The van der Waals surface area contributed by atoms with E-state index in [9.17, 15) is 9.50 Å². The Morgan fingerprint density at radius 3 is 2.61 bits per heavy atom. The molecule has 0 fully saturated rings. The zero-order chi connectivity index (χ0) is 13.0. The van der Waals surface area contributed by atoms with Gasteiger partial charge in [-0.2, -0.15) is 0 Å². The molecule has 0 saturated carbocycles. The minimum Gasteiger partial charge on any atom is -0.390 e. The van der Waals surface area contributed by atoms with Crippen LogP contribution in [-0.2, 0) is 13.0 Å². The number of benzene rings is 1. The van der Waals surface area contributed by atoms with Crippen molar-refractivity contribution >= 4 is 0 Å². The van der Waals surface area contributed by atoms with E-state index in [0.717, 1.165) is 30.6 Å². The number of hydrogen-bond acceptors (Lipinski definition) is 3. The van der Waals surface area contributed by atoms with Crippen LogP contribution in [0.2, 0.25) is 0 Å². The lowest BCUT2D eigenvalue weighted by Gasteiger charge is -2.06. The molecule has 0 aliphatic heterocycles. The number of aliphatic hydroxyl groups excluding tert-OH is 1. The number of unbranched alkanes of at least 4 members (excludes halogenated alkanes) is 1. The SMILES string of the molecule is CCCCc1c(CO)nnn1-c1ccc(F)cc1. The van der Waals surface area contributed by atoms with Gasteiger partial charge in [-0.1, -0.05) is 18.6 Å². The van der Waals surface area contributed by atoms with E-state index >= 15 is 0 Å².